The zero-order chi connectivity index (χ0) is 23.4. The minimum absolute atomic E-state index is 0.00596. The Labute approximate surface area is 185 Å². The summed E-state index contributed by atoms with van der Waals surface area (Å²) >= 11 is 0. The first kappa shape index (κ1) is 23.2. The van der Waals surface area contributed by atoms with E-state index in [0.29, 0.717) is 37.6 Å². The van der Waals surface area contributed by atoms with E-state index in [1.165, 1.54) is 11.0 Å². The van der Waals surface area contributed by atoms with E-state index in [4.69, 9.17) is 4.74 Å². The Balaban J connectivity index is 1.83. The number of ether oxygens (including phenoxy) is 1. The molecule has 10 heteroatoms. The quantitative estimate of drug-likeness (QED) is 0.731. The lowest BCUT2D eigenvalue weighted by molar-refractivity contribution is 0.0821. The minimum atomic E-state index is -0.736. The third-order valence-electron chi connectivity index (χ3n) is 4.95. The molecule has 1 N–H and O–H groups in total. The molecule has 170 valence electrons. The molecule has 2 heterocycles. The summed E-state index contributed by atoms with van der Waals surface area (Å²) in [5.74, 6) is -0.872. The SMILES string of the molecule is CC(C)Nc1nc(C#N)c(C(=O)N(C)C)nc1N1CCC(Oc2ccc(F)cc2F)CC1. The van der Waals surface area contributed by atoms with Crippen LogP contribution in [0.15, 0.2) is 18.2 Å². The molecule has 0 aliphatic carbocycles. The van der Waals surface area contributed by atoms with Crippen LogP contribution >= 0.6 is 0 Å². The van der Waals surface area contributed by atoms with Gasteiger partial charge < -0.3 is 19.9 Å². The fourth-order valence-electron chi connectivity index (χ4n) is 3.39. The van der Waals surface area contributed by atoms with Crippen LogP contribution in [0.5, 0.6) is 5.75 Å². The van der Waals surface area contributed by atoms with Crippen LogP contribution in [0.25, 0.3) is 0 Å². The Kier molecular flexibility index (Phi) is 7.08. The van der Waals surface area contributed by atoms with E-state index in [1.54, 1.807) is 14.1 Å². The van der Waals surface area contributed by atoms with E-state index in [-0.39, 0.29) is 29.3 Å². The fraction of sp³-hybridized carbons (Fsp3) is 0.455. The first-order valence-corrected chi connectivity index (χ1v) is 10.4. The van der Waals surface area contributed by atoms with Gasteiger partial charge in [-0.2, -0.15) is 5.26 Å². The number of hydrogen-bond donors (Lipinski definition) is 1. The normalized spacial score (nSPS) is 14.2. The van der Waals surface area contributed by atoms with Gasteiger partial charge in [0.1, 0.15) is 18.0 Å². The Hall–Kier alpha value is -3.48. The van der Waals surface area contributed by atoms with Gasteiger partial charge in [0, 0.05) is 52.1 Å². The lowest BCUT2D eigenvalue weighted by atomic mass is 10.1. The average molecular weight is 444 g/mol. The molecule has 1 aliphatic heterocycles. The van der Waals surface area contributed by atoms with Crippen LogP contribution in [0.1, 0.15) is 42.9 Å². The topological polar surface area (TPSA) is 94.4 Å². The highest BCUT2D eigenvalue weighted by molar-refractivity contribution is 5.94. The lowest BCUT2D eigenvalue weighted by Gasteiger charge is -2.34. The molecule has 1 aromatic carbocycles. The maximum Gasteiger partial charge on any atom is 0.275 e. The van der Waals surface area contributed by atoms with Gasteiger partial charge in [-0.25, -0.2) is 18.7 Å². The Bertz CT molecular complexity index is 1030. The number of carbonyl (C=O) groups is 1. The van der Waals surface area contributed by atoms with Crippen molar-refractivity contribution < 1.29 is 18.3 Å². The zero-order valence-electron chi connectivity index (χ0n) is 18.5. The Morgan fingerprint density at radius 1 is 1.28 bits per heavy atom. The molecule has 0 radical (unpaired) electrons. The Morgan fingerprint density at radius 3 is 2.53 bits per heavy atom. The highest BCUT2D eigenvalue weighted by Gasteiger charge is 2.28. The van der Waals surface area contributed by atoms with E-state index in [1.807, 2.05) is 24.8 Å². The summed E-state index contributed by atoms with van der Waals surface area (Å²) in [6.45, 7) is 4.92. The van der Waals surface area contributed by atoms with Gasteiger partial charge in [-0.3, -0.25) is 4.79 Å². The molecule has 2 aromatic rings. The number of piperidine rings is 1. The number of halogens is 2. The van der Waals surface area contributed by atoms with Crippen LogP contribution < -0.4 is 15.0 Å². The second kappa shape index (κ2) is 9.77. The standard InChI is InChI=1S/C22H26F2N6O2/c1-13(2)26-20-21(28-19(17(12-25)27-20)22(31)29(3)4)30-9-7-15(8-10-30)32-18-6-5-14(23)11-16(18)24/h5-6,11,13,15H,7-10H2,1-4H3,(H,26,27). The van der Waals surface area contributed by atoms with Gasteiger partial charge in [0.2, 0.25) is 0 Å². The number of rotatable bonds is 6. The molecule has 0 saturated carbocycles. The predicted molar refractivity (Wildman–Crippen MR) is 116 cm³/mol. The number of aromatic nitrogens is 2. The minimum Gasteiger partial charge on any atom is -0.487 e. The number of nitrogens with one attached hydrogen (secondary N) is 1. The summed E-state index contributed by atoms with van der Waals surface area (Å²) in [4.78, 5) is 24.8. The van der Waals surface area contributed by atoms with Gasteiger partial charge >= 0.3 is 0 Å². The van der Waals surface area contributed by atoms with Crippen molar-refractivity contribution in [2.75, 3.05) is 37.4 Å². The number of benzene rings is 1. The molecule has 1 aliphatic rings. The summed E-state index contributed by atoms with van der Waals surface area (Å²) in [5, 5.41) is 12.7. The summed E-state index contributed by atoms with van der Waals surface area (Å²) < 4.78 is 32.8. The van der Waals surface area contributed by atoms with Crippen molar-refractivity contribution in [3.05, 3.63) is 41.2 Å². The van der Waals surface area contributed by atoms with Crippen LogP contribution in [-0.4, -0.2) is 60.1 Å². The number of amides is 1. The first-order chi connectivity index (χ1) is 15.2. The van der Waals surface area contributed by atoms with Crippen molar-refractivity contribution in [1.82, 2.24) is 14.9 Å². The maximum absolute atomic E-state index is 13.9. The van der Waals surface area contributed by atoms with E-state index >= 15 is 0 Å². The summed E-state index contributed by atoms with van der Waals surface area (Å²) in [7, 11) is 3.17. The second-order valence-corrected chi connectivity index (χ2v) is 8.08. The van der Waals surface area contributed by atoms with Crippen LogP contribution in [0.4, 0.5) is 20.4 Å². The third-order valence-corrected chi connectivity index (χ3v) is 4.95. The molecule has 1 saturated heterocycles. The zero-order valence-corrected chi connectivity index (χ0v) is 18.5. The predicted octanol–water partition coefficient (Wildman–Crippen LogP) is 3.20. The molecule has 0 unspecified atom stereocenters. The van der Waals surface area contributed by atoms with Crippen LogP contribution in [-0.2, 0) is 0 Å². The lowest BCUT2D eigenvalue weighted by Crippen LogP contribution is -2.40. The number of carbonyl (C=O) groups excluding carboxylic acids is 1. The molecule has 32 heavy (non-hydrogen) atoms. The van der Waals surface area contributed by atoms with Crippen LogP contribution in [0.2, 0.25) is 0 Å². The van der Waals surface area contributed by atoms with Crippen molar-refractivity contribution in [3.63, 3.8) is 0 Å². The maximum atomic E-state index is 13.9. The van der Waals surface area contributed by atoms with Crippen molar-refractivity contribution in [3.8, 4) is 11.8 Å². The van der Waals surface area contributed by atoms with Gasteiger partial charge in [0.25, 0.3) is 5.91 Å². The highest BCUT2D eigenvalue weighted by Crippen LogP contribution is 2.29. The highest BCUT2D eigenvalue weighted by atomic mass is 19.1. The van der Waals surface area contributed by atoms with Gasteiger partial charge in [-0.05, 0) is 26.0 Å². The second-order valence-electron chi connectivity index (χ2n) is 8.08. The molecule has 1 aromatic heterocycles. The molecule has 0 spiro atoms. The van der Waals surface area contributed by atoms with Gasteiger partial charge in [-0.1, -0.05) is 0 Å². The molecule has 8 nitrogen and oxygen atoms in total. The summed E-state index contributed by atoms with van der Waals surface area (Å²) in [6.07, 6.45) is 0.884. The number of nitriles is 1. The van der Waals surface area contributed by atoms with Gasteiger partial charge in [-0.15, -0.1) is 0 Å². The number of anilines is 2. The molecule has 1 amide bonds. The van der Waals surface area contributed by atoms with Crippen molar-refractivity contribution in [2.24, 2.45) is 0 Å². The van der Waals surface area contributed by atoms with E-state index in [9.17, 15) is 18.8 Å². The smallest absolute Gasteiger partial charge is 0.275 e. The third kappa shape index (κ3) is 5.22. The van der Waals surface area contributed by atoms with E-state index < -0.39 is 17.5 Å². The number of hydrogen-bond acceptors (Lipinski definition) is 7. The van der Waals surface area contributed by atoms with Crippen LogP contribution in [0, 0.1) is 23.0 Å². The number of nitrogens with zero attached hydrogens (tertiary/aromatic N) is 5. The first-order valence-electron chi connectivity index (χ1n) is 10.4. The summed E-state index contributed by atoms with van der Waals surface area (Å²) in [6, 6.07) is 5.23. The Morgan fingerprint density at radius 2 is 1.97 bits per heavy atom. The molecule has 1 fully saturated rings. The monoisotopic (exact) mass is 444 g/mol. The average Bonchev–Trinajstić information content (AvgIpc) is 2.75. The van der Waals surface area contributed by atoms with Gasteiger partial charge in [0.05, 0.1) is 0 Å². The van der Waals surface area contributed by atoms with E-state index in [0.717, 1.165) is 12.1 Å². The van der Waals surface area contributed by atoms with Crippen molar-refractivity contribution in [2.45, 2.75) is 38.8 Å². The molecular weight excluding hydrogens is 418 g/mol. The summed E-state index contributed by atoms with van der Waals surface area (Å²) in [5.41, 5.74) is -0.0471. The van der Waals surface area contributed by atoms with Crippen molar-refractivity contribution in [1.29, 1.82) is 5.26 Å². The molecular formula is C22H26F2N6O2. The fourth-order valence-corrected chi connectivity index (χ4v) is 3.39. The largest absolute Gasteiger partial charge is 0.487 e. The van der Waals surface area contributed by atoms with E-state index in [2.05, 4.69) is 15.3 Å². The molecule has 0 bridgehead atoms. The van der Waals surface area contributed by atoms with Crippen molar-refractivity contribution >= 4 is 17.5 Å². The molecule has 3 rings (SSSR count). The van der Waals surface area contributed by atoms with Crippen LogP contribution in [0.3, 0.4) is 0 Å². The molecule has 0 atom stereocenters. The van der Waals surface area contributed by atoms with Gasteiger partial charge in [0.15, 0.2) is 34.6 Å².